The van der Waals surface area contributed by atoms with Gasteiger partial charge in [0.1, 0.15) is 0 Å². The molecule has 0 amide bonds. The maximum Gasteiger partial charge on any atom is 0.0462 e. The number of rotatable bonds is 10. The van der Waals surface area contributed by atoms with Gasteiger partial charge in [0.05, 0.1) is 0 Å². The Bertz CT molecular complexity index is 2270. The summed E-state index contributed by atoms with van der Waals surface area (Å²) in [5.41, 5.74) is 19.3. The Hall–Kier alpha value is -6.18. The molecule has 0 bridgehead atoms. The van der Waals surface area contributed by atoms with Gasteiger partial charge in [-0.1, -0.05) is 163 Å². The van der Waals surface area contributed by atoms with Crippen LogP contribution >= 0.6 is 0 Å². The van der Waals surface area contributed by atoms with Crippen LogP contribution in [-0.4, -0.2) is 0 Å². The lowest BCUT2D eigenvalue weighted by atomic mass is 9.94. The number of benzene rings is 7. The van der Waals surface area contributed by atoms with Crippen LogP contribution in [0, 0.1) is 27.7 Å². The van der Waals surface area contributed by atoms with Gasteiger partial charge < -0.3 is 4.90 Å². The third-order valence-corrected chi connectivity index (χ3v) is 9.98. The van der Waals surface area contributed by atoms with Crippen molar-refractivity contribution in [2.75, 3.05) is 4.90 Å². The van der Waals surface area contributed by atoms with Crippen molar-refractivity contribution in [2.45, 2.75) is 41.0 Å². The average Bonchev–Trinajstić information content (AvgIpc) is 3.19. The lowest BCUT2D eigenvalue weighted by Gasteiger charge is -2.26. The van der Waals surface area contributed by atoms with Crippen LogP contribution < -0.4 is 4.90 Å². The molecule has 0 heterocycles. The number of hydrogen-bond acceptors (Lipinski definition) is 1. The van der Waals surface area contributed by atoms with E-state index >= 15 is 0 Å². The molecule has 0 aliphatic heterocycles. The molecule has 0 aliphatic carbocycles. The van der Waals surface area contributed by atoms with Gasteiger partial charge in [-0.2, -0.15) is 0 Å². The summed E-state index contributed by atoms with van der Waals surface area (Å²) in [5, 5.41) is 0. The van der Waals surface area contributed by atoms with Gasteiger partial charge in [-0.05, 0) is 133 Å². The molecule has 0 unspecified atom stereocenters. The van der Waals surface area contributed by atoms with Crippen molar-refractivity contribution in [3.8, 4) is 0 Å². The summed E-state index contributed by atoms with van der Waals surface area (Å²) < 4.78 is 0. The van der Waals surface area contributed by atoms with E-state index in [0.717, 1.165) is 34.6 Å². The van der Waals surface area contributed by atoms with Crippen LogP contribution in [0.2, 0.25) is 0 Å². The molecule has 260 valence electrons. The van der Waals surface area contributed by atoms with Crippen molar-refractivity contribution in [1.82, 2.24) is 0 Å². The van der Waals surface area contributed by atoms with Crippen molar-refractivity contribution in [3.63, 3.8) is 0 Å². The summed E-state index contributed by atoms with van der Waals surface area (Å²) in [5.74, 6) is 0. The molecule has 53 heavy (non-hydrogen) atoms. The second-order valence-electron chi connectivity index (χ2n) is 14.1. The zero-order chi connectivity index (χ0) is 36.7. The van der Waals surface area contributed by atoms with Gasteiger partial charge in [-0.15, -0.1) is 0 Å². The maximum atomic E-state index is 2.34. The van der Waals surface area contributed by atoms with Gasteiger partial charge in [-0.3, -0.25) is 0 Å². The number of anilines is 3. The highest BCUT2D eigenvalue weighted by molar-refractivity contribution is 5.93. The Kier molecular flexibility index (Phi) is 10.6. The molecule has 0 fully saturated rings. The normalized spacial score (nSPS) is 11.3. The third kappa shape index (κ3) is 8.49. The highest BCUT2D eigenvalue weighted by Crippen LogP contribution is 2.36. The number of aryl methyl sites for hydroxylation is 5. The van der Waals surface area contributed by atoms with Crippen molar-refractivity contribution in [2.24, 2.45) is 0 Å². The minimum atomic E-state index is 1.03. The zero-order valence-corrected chi connectivity index (χ0v) is 31.5. The lowest BCUT2D eigenvalue weighted by molar-refractivity contribution is 1.14. The van der Waals surface area contributed by atoms with Gasteiger partial charge in [-0.25, -0.2) is 0 Å². The molecule has 7 aromatic rings. The molecule has 0 radical (unpaired) electrons. The minimum absolute atomic E-state index is 1.03. The lowest BCUT2D eigenvalue weighted by Crippen LogP contribution is -2.09. The van der Waals surface area contributed by atoms with Crippen LogP contribution in [0.25, 0.3) is 23.3 Å². The fourth-order valence-electron chi connectivity index (χ4n) is 6.70. The van der Waals surface area contributed by atoms with Crippen LogP contribution in [0.5, 0.6) is 0 Å². The fourth-order valence-corrected chi connectivity index (χ4v) is 6.70. The second kappa shape index (κ2) is 16.0. The Morgan fingerprint density at radius 2 is 0.623 bits per heavy atom. The molecule has 1 heteroatoms. The summed E-state index contributed by atoms with van der Waals surface area (Å²) in [6.45, 7) is 10.7. The molecule has 0 atom stereocenters. The number of hydrogen-bond donors (Lipinski definition) is 0. The van der Waals surface area contributed by atoms with E-state index in [4.69, 9.17) is 0 Å². The van der Waals surface area contributed by atoms with E-state index in [9.17, 15) is 0 Å². The Morgan fingerprint density at radius 1 is 0.358 bits per heavy atom. The van der Waals surface area contributed by atoms with E-state index in [2.05, 4.69) is 222 Å². The molecular weight excluding hydrogens is 639 g/mol. The summed E-state index contributed by atoms with van der Waals surface area (Å²) in [7, 11) is 0. The monoisotopic (exact) mass is 685 g/mol. The first-order chi connectivity index (χ1) is 25.8. The predicted octanol–water partition coefficient (Wildman–Crippen LogP) is 14.1. The first-order valence-electron chi connectivity index (χ1n) is 18.6. The third-order valence-electron chi connectivity index (χ3n) is 9.98. The Morgan fingerprint density at radius 3 is 0.925 bits per heavy atom. The molecule has 0 N–H and O–H groups in total. The van der Waals surface area contributed by atoms with Crippen LogP contribution in [0.1, 0.15) is 68.1 Å². The maximum absolute atomic E-state index is 2.34. The molecular formula is C52H47N. The Labute approximate surface area is 316 Å². The van der Waals surface area contributed by atoms with Crippen LogP contribution in [-0.2, 0) is 6.42 Å². The smallest absolute Gasteiger partial charge is 0.0462 e. The van der Waals surface area contributed by atoms with Gasteiger partial charge in [0, 0.05) is 17.1 Å². The predicted molar refractivity (Wildman–Crippen MR) is 229 cm³/mol. The van der Waals surface area contributed by atoms with Gasteiger partial charge >= 0.3 is 0 Å². The van der Waals surface area contributed by atoms with Gasteiger partial charge in [0.25, 0.3) is 0 Å². The molecule has 0 spiro atoms. The van der Waals surface area contributed by atoms with E-state index in [-0.39, 0.29) is 0 Å². The molecule has 0 saturated heterocycles. The summed E-state index contributed by atoms with van der Waals surface area (Å²) >= 11 is 0. The molecule has 0 saturated carbocycles. The number of nitrogens with zero attached hydrogens (tertiary/aromatic N) is 1. The molecule has 7 rings (SSSR count). The zero-order valence-electron chi connectivity index (χ0n) is 31.5. The standard InChI is InChI=1S/C52H47N/c1-6-41-15-27-47(28-16-41)52(46-25-11-39(4)12-26-46)36-43-19-33-50(34-20-43)53(48-29-13-40(5)14-30-48)49-31-17-42(18-32-49)35-51(44-21-7-37(2)8-22-44)45-23-9-38(3)10-24-45/h7-36H,6H2,1-5H3/b52-36+. The average molecular weight is 686 g/mol. The van der Waals surface area contributed by atoms with E-state index in [1.165, 1.54) is 61.2 Å². The molecule has 0 aliphatic rings. The first-order valence-corrected chi connectivity index (χ1v) is 18.6. The minimum Gasteiger partial charge on any atom is -0.311 e. The van der Waals surface area contributed by atoms with Crippen molar-refractivity contribution < 1.29 is 0 Å². The van der Waals surface area contributed by atoms with Crippen LogP contribution in [0.3, 0.4) is 0 Å². The molecule has 1 nitrogen and oxygen atoms in total. The van der Waals surface area contributed by atoms with E-state index in [1.54, 1.807) is 0 Å². The largest absolute Gasteiger partial charge is 0.311 e. The van der Waals surface area contributed by atoms with Crippen LogP contribution in [0.4, 0.5) is 17.1 Å². The van der Waals surface area contributed by atoms with Crippen molar-refractivity contribution in [3.05, 3.63) is 231 Å². The highest BCUT2D eigenvalue weighted by Gasteiger charge is 2.14. The van der Waals surface area contributed by atoms with Crippen molar-refractivity contribution >= 4 is 40.4 Å². The highest BCUT2D eigenvalue weighted by atomic mass is 15.1. The SMILES string of the molecule is CCc1ccc(/C(=C/c2ccc(N(c3ccc(C)cc3)c3ccc(C=C(c4ccc(C)cc4)c4ccc(C)cc4)cc3)cc2)c2ccc(C)cc2)cc1. The van der Waals surface area contributed by atoms with Crippen LogP contribution in [0.15, 0.2) is 170 Å². The summed E-state index contributed by atoms with van der Waals surface area (Å²) in [4.78, 5) is 2.34. The topological polar surface area (TPSA) is 3.24 Å². The summed E-state index contributed by atoms with van der Waals surface area (Å²) in [6.07, 6.45) is 5.65. The molecule has 0 aromatic heterocycles. The van der Waals surface area contributed by atoms with E-state index in [1.807, 2.05) is 0 Å². The molecule has 7 aromatic carbocycles. The van der Waals surface area contributed by atoms with E-state index in [0.29, 0.717) is 0 Å². The van der Waals surface area contributed by atoms with E-state index < -0.39 is 0 Å². The Balaban J connectivity index is 1.25. The summed E-state index contributed by atoms with van der Waals surface area (Å²) in [6, 6.07) is 62.1. The van der Waals surface area contributed by atoms with Gasteiger partial charge in [0.2, 0.25) is 0 Å². The second-order valence-corrected chi connectivity index (χ2v) is 14.1. The van der Waals surface area contributed by atoms with Crippen molar-refractivity contribution in [1.29, 1.82) is 0 Å². The van der Waals surface area contributed by atoms with Gasteiger partial charge in [0.15, 0.2) is 0 Å². The quantitative estimate of drug-likeness (QED) is 0.130. The first kappa shape index (κ1) is 35.2. The fraction of sp³-hybridized carbons (Fsp3) is 0.115.